The second-order valence-electron chi connectivity index (χ2n) is 7.52. The third kappa shape index (κ3) is 3.83. The van der Waals surface area contributed by atoms with E-state index in [9.17, 15) is 22.7 Å². The topological polar surface area (TPSA) is 122 Å². The normalized spacial score (nSPS) is 19.0. The maximum absolute atomic E-state index is 13.4. The van der Waals surface area contributed by atoms with E-state index in [2.05, 4.69) is 10.3 Å². The van der Waals surface area contributed by atoms with Crippen LogP contribution in [0.25, 0.3) is 22.4 Å². The zero-order valence-corrected chi connectivity index (χ0v) is 18.4. The Kier molecular flexibility index (Phi) is 5.65. The van der Waals surface area contributed by atoms with E-state index in [1.165, 1.54) is 31.3 Å². The number of fused-ring (bicyclic) bond motifs is 2. The van der Waals surface area contributed by atoms with Crippen LogP contribution in [0.5, 0.6) is 0 Å². The van der Waals surface area contributed by atoms with Crippen molar-refractivity contribution in [2.24, 2.45) is 0 Å². The fourth-order valence-corrected chi connectivity index (χ4v) is 4.65. The number of aromatic nitrogens is 1. The van der Waals surface area contributed by atoms with Crippen molar-refractivity contribution in [1.29, 1.82) is 0 Å². The summed E-state index contributed by atoms with van der Waals surface area (Å²) in [6.07, 6.45) is -0.337. The van der Waals surface area contributed by atoms with Gasteiger partial charge in [-0.05, 0) is 37.3 Å². The Balaban J connectivity index is 2.01. The Hall–Kier alpha value is -3.02. The molecule has 0 bridgehead atoms. The number of nitrogens with one attached hydrogen (secondary N) is 1. The van der Waals surface area contributed by atoms with Crippen LogP contribution in [0.3, 0.4) is 0 Å². The summed E-state index contributed by atoms with van der Waals surface area (Å²) in [4.78, 5) is 17.2. The van der Waals surface area contributed by atoms with Gasteiger partial charge in [0.1, 0.15) is 17.7 Å². The monoisotopic (exact) mass is 463 g/mol. The van der Waals surface area contributed by atoms with Crippen molar-refractivity contribution >= 4 is 32.8 Å². The summed E-state index contributed by atoms with van der Waals surface area (Å²) in [6.45, 7) is 1.21. The number of carbonyl (C=O) groups excluding carboxylic acids is 1. The molecule has 2 atom stereocenters. The molecule has 0 saturated carbocycles. The molecule has 1 amide bonds. The number of sulfonamides is 1. The fraction of sp³-hybridized carbons (Fsp3) is 0.333. The number of aliphatic hydroxyl groups excluding tert-OH is 1. The van der Waals surface area contributed by atoms with E-state index >= 15 is 0 Å². The first-order chi connectivity index (χ1) is 15.1. The van der Waals surface area contributed by atoms with Crippen LogP contribution in [0, 0.1) is 5.82 Å². The van der Waals surface area contributed by atoms with Crippen molar-refractivity contribution in [2.75, 3.05) is 30.8 Å². The van der Waals surface area contributed by atoms with Gasteiger partial charge in [-0.25, -0.2) is 12.8 Å². The van der Waals surface area contributed by atoms with Gasteiger partial charge in [0.2, 0.25) is 15.7 Å². The zero-order chi connectivity index (χ0) is 23.2. The lowest BCUT2D eigenvalue weighted by molar-refractivity contribution is -0.0227. The van der Waals surface area contributed by atoms with Crippen LogP contribution >= 0.6 is 0 Å². The number of hydrogen-bond donors (Lipinski definition) is 2. The maximum atomic E-state index is 13.4. The van der Waals surface area contributed by atoms with Crippen molar-refractivity contribution in [3.8, 4) is 11.3 Å². The van der Waals surface area contributed by atoms with Crippen molar-refractivity contribution in [3.05, 3.63) is 47.3 Å². The number of nitrogens with zero attached hydrogens (tertiary/aromatic N) is 2. The summed E-state index contributed by atoms with van der Waals surface area (Å²) in [5.41, 5.74) is 1.12. The molecule has 9 nitrogen and oxygen atoms in total. The van der Waals surface area contributed by atoms with E-state index in [4.69, 9.17) is 9.15 Å². The maximum Gasteiger partial charge on any atom is 0.255 e. The van der Waals surface area contributed by atoms with Gasteiger partial charge in [0.25, 0.3) is 5.91 Å². The molecule has 170 valence electrons. The van der Waals surface area contributed by atoms with Crippen molar-refractivity contribution in [2.45, 2.75) is 19.1 Å². The highest BCUT2D eigenvalue weighted by molar-refractivity contribution is 7.92. The standard InChI is InChI=1S/C21H22FN3O6S/c1-11-15-8-16-17(20(27)23-2)18(12-4-6-13(22)7-5-12)31-21(16)24-19(15)25(32(3,28)29)9-14(10-26)30-11/h4-8,11,14,26H,9-10H2,1-3H3,(H,23,27)/t11-,14-/m0/s1. The number of hydrogen-bond acceptors (Lipinski definition) is 7. The Morgan fingerprint density at radius 3 is 2.62 bits per heavy atom. The largest absolute Gasteiger partial charge is 0.437 e. The van der Waals surface area contributed by atoms with Gasteiger partial charge in [0.05, 0.1) is 36.5 Å². The molecule has 11 heteroatoms. The van der Waals surface area contributed by atoms with Crippen LogP contribution in [0.2, 0.25) is 0 Å². The number of benzene rings is 1. The minimum absolute atomic E-state index is 0.0463. The number of rotatable bonds is 4. The summed E-state index contributed by atoms with van der Waals surface area (Å²) in [5.74, 6) is -0.601. The third-order valence-corrected chi connectivity index (χ3v) is 6.42. The molecule has 4 rings (SSSR count). The quantitative estimate of drug-likeness (QED) is 0.608. The Labute approximate surface area is 183 Å². The van der Waals surface area contributed by atoms with Gasteiger partial charge in [-0.2, -0.15) is 4.98 Å². The highest BCUT2D eigenvalue weighted by Crippen LogP contribution is 2.40. The van der Waals surface area contributed by atoms with Crippen LogP contribution in [0.1, 0.15) is 28.9 Å². The molecule has 3 heterocycles. The molecule has 1 aliphatic heterocycles. The highest BCUT2D eigenvalue weighted by Gasteiger charge is 2.34. The molecule has 0 fully saturated rings. The lowest BCUT2D eigenvalue weighted by atomic mass is 10.0. The molecule has 0 spiro atoms. The number of anilines is 1. The minimum Gasteiger partial charge on any atom is -0.437 e. The molecule has 2 aromatic heterocycles. The van der Waals surface area contributed by atoms with Gasteiger partial charge >= 0.3 is 0 Å². The lowest BCUT2D eigenvalue weighted by Crippen LogP contribution is -2.38. The van der Waals surface area contributed by atoms with Crippen LogP contribution in [-0.2, 0) is 14.8 Å². The number of carbonyl (C=O) groups is 1. The van der Waals surface area contributed by atoms with Gasteiger partial charge in [0.15, 0.2) is 5.82 Å². The summed E-state index contributed by atoms with van der Waals surface area (Å²) in [5, 5.41) is 12.5. The minimum atomic E-state index is -3.76. The lowest BCUT2D eigenvalue weighted by Gasteiger charge is -2.22. The van der Waals surface area contributed by atoms with Gasteiger partial charge < -0.3 is 19.6 Å². The van der Waals surface area contributed by atoms with Crippen molar-refractivity contribution < 1.29 is 31.9 Å². The van der Waals surface area contributed by atoms with Gasteiger partial charge in [-0.1, -0.05) is 0 Å². The number of amides is 1. The number of halogens is 1. The molecular weight excluding hydrogens is 441 g/mol. The van der Waals surface area contributed by atoms with E-state index in [1.807, 2.05) is 0 Å². The predicted molar refractivity (Wildman–Crippen MR) is 115 cm³/mol. The molecule has 1 aliphatic rings. The van der Waals surface area contributed by atoms with Gasteiger partial charge in [0, 0.05) is 18.2 Å². The summed E-state index contributed by atoms with van der Waals surface area (Å²) >= 11 is 0. The second-order valence-corrected chi connectivity index (χ2v) is 9.43. The molecular formula is C21H22FN3O6S. The zero-order valence-electron chi connectivity index (χ0n) is 17.6. The first-order valence-corrected chi connectivity index (χ1v) is 11.7. The van der Waals surface area contributed by atoms with Gasteiger partial charge in [-0.15, -0.1) is 0 Å². The average molecular weight is 463 g/mol. The number of aliphatic hydroxyl groups is 1. The molecule has 32 heavy (non-hydrogen) atoms. The number of pyridine rings is 1. The van der Waals surface area contributed by atoms with Gasteiger partial charge in [-0.3, -0.25) is 9.10 Å². The summed E-state index contributed by atoms with van der Waals surface area (Å²) in [7, 11) is -2.29. The summed E-state index contributed by atoms with van der Waals surface area (Å²) in [6, 6.07) is 7.06. The molecule has 0 saturated heterocycles. The van der Waals surface area contributed by atoms with E-state index in [0.29, 0.717) is 16.5 Å². The smallest absolute Gasteiger partial charge is 0.255 e. The molecule has 0 unspecified atom stereocenters. The SMILES string of the molecule is CNC(=O)c1c(-c2ccc(F)cc2)oc2nc3c(cc12)[C@H](C)O[C@H](CO)CN3S(C)(=O)=O. The molecule has 0 aliphatic carbocycles. The summed E-state index contributed by atoms with van der Waals surface area (Å²) < 4.78 is 51.2. The Morgan fingerprint density at radius 1 is 1.34 bits per heavy atom. The third-order valence-electron chi connectivity index (χ3n) is 5.30. The van der Waals surface area contributed by atoms with E-state index in [0.717, 1.165) is 10.6 Å². The molecule has 2 N–H and O–H groups in total. The van der Waals surface area contributed by atoms with Crippen molar-refractivity contribution in [1.82, 2.24) is 10.3 Å². The number of ether oxygens (including phenoxy) is 1. The fourth-order valence-electron chi connectivity index (χ4n) is 3.75. The highest BCUT2D eigenvalue weighted by atomic mass is 32.2. The molecule has 3 aromatic rings. The van der Waals surface area contributed by atoms with Crippen LogP contribution in [0.15, 0.2) is 34.7 Å². The number of furan rings is 1. The second kappa shape index (κ2) is 8.15. The average Bonchev–Trinajstić information content (AvgIpc) is 3.05. The van der Waals surface area contributed by atoms with Crippen LogP contribution in [-0.4, -0.2) is 57.0 Å². The first-order valence-electron chi connectivity index (χ1n) is 9.83. The molecule has 1 aromatic carbocycles. The van der Waals surface area contributed by atoms with E-state index in [-0.39, 0.29) is 36.0 Å². The predicted octanol–water partition coefficient (Wildman–Crippen LogP) is 2.21. The van der Waals surface area contributed by atoms with E-state index in [1.54, 1.807) is 13.0 Å². The first kappa shape index (κ1) is 22.2. The van der Waals surface area contributed by atoms with Crippen molar-refractivity contribution in [3.63, 3.8) is 0 Å². The van der Waals surface area contributed by atoms with Crippen LogP contribution in [0.4, 0.5) is 10.2 Å². The van der Waals surface area contributed by atoms with E-state index < -0.39 is 34.0 Å². The van der Waals surface area contributed by atoms with Crippen LogP contribution < -0.4 is 9.62 Å². The molecule has 0 radical (unpaired) electrons. The Bertz CT molecular complexity index is 1290. The Morgan fingerprint density at radius 2 is 2.03 bits per heavy atom.